The van der Waals surface area contributed by atoms with Crippen molar-refractivity contribution in [2.24, 2.45) is 0 Å². The van der Waals surface area contributed by atoms with Crippen molar-refractivity contribution < 1.29 is 28.2 Å². The normalized spacial score (nSPS) is 16.2. The Morgan fingerprint density at radius 1 is 1.25 bits per heavy atom. The zero-order chi connectivity index (χ0) is 22.4. The van der Waals surface area contributed by atoms with Crippen molar-refractivity contribution in [3.8, 4) is 5.75 Å². The smallest absolute Gasteiger partial charge is 0.296 e. The van der Waals surface area contributed by atoms with Gasteiger partial charge in [-0.05, 0) is 29.8 Å². The SMILES string of the molecule is COc1cccc2cc(C(=O)C3=C(O)C(=O)N(c4nccs4)C3c3ccc(F)cc3)oc12. The van der Waals surface area contributed by atoms with E-state index in [1.54, 1.807) is 23.6 Å². The molecule has 0 radical (unpaired) electrons. The molecule has 1 amide bonds. The van der Waals surface area contributed by atoms with Crippen molar-refractivity contribution in [2.45, 2.75) is 6.04 Å². The van der Waals surface area contributed by atoms with Crippen LogP contribution in [0.4, 0.5) is 9.52 Å². The molecule has 0 saturated heterocycles. The van der Waals surface area contributed by atoms with E-state index in [9.17, 15) is 19.1 Å². The number of ketones is 1. The molecule has 9 heteroatoms. The summed E-state index contributed by atoms with van der Waals surface area (Å²) in [4.78, 5) is 31.9. The first-order valence-corrected chi connectivity index (χ1v) is 10.4. The number of fused-ring (bicyclic) bond motifs is 1. The molecule has 4 aromatic rings. The number of aliphatic hydroxyl groups is 1. The topological polar surface area (TPSA) is 92.9 Å². The Morgan fingerprint density at radius 3 is 2.72 bits per heavy atom. The van der Waals surface area contributed by atoms with E-state index in [4.69, 9.17) is 9.15 Å². The summed E-state index contributed by atoms with van der Waals surface area (Å²) in [6, 6.07) is 11.1. The van der Waals surface area contributed by atoms with Crippen LogP contribution in [0.25, 0.3) is 11.0 Å². The molecular formula is C23H15FN2O5S. The molecule has 160 valence electrons. The number of aliphatic hydroxyl groups excluding tert-OH is 1. The molecule has 0 fully saturated rings. The van der Waals surface area contributed by atoms with Crippen LogP contribution in [-0.4, -0.2) is 28.9 Å². The number of hydrogen-bond donors (Lipinski definition) is 1. The minimum absolute atomic E-state index is 0.0630. The maximum absolute atomic E-state index is 13.6. The fraction of sp³-hybridized carbons (Fsp3) is 0.0870. The van der Waals surface area contributed by atoms with Crippen molar-refractivity contribution in [3.05, 3.63) is 88.6 Å². The third-order valence-electron chi connectivity index (χ3n) is 5.22. The van der Waals surface area contributed by atoms with E-state index in [0.717, 1.165) is 0 Å². The molecule has 1 aliphatic rings. The number of aromatic nitrogens is 1. The molecule has 2 aromatic heterocycles. The average Bonchev–Trinajstić information content (AvgIpc) is 3.53. The number of anilines is 1. The third-order valence-corrected chi connectivity index (χ3v) is 5.99. The number of rotatable bonds is 5. The summed E-state index contributed by atoms with van der Waals surface area (Å²) in [6.07, 6.45) is 1.51. The van der Waals surface area contributed by atoms with Gasteiger partial charge < -0.3 is 14.3 Å². The van der Waals surface area contributed by atoms with Crippen LogP contribution < -0.4 is 9.64 Å². The Hall–Kier alpha value is -3.98. The summed E-state index contributed by atoms with van der Waals surface area (Å²) in [6.45, 7) is 0. The number of hydrogen-bond acceptors (Lipinski definition) is 7. The molecule has 1 aliphatic heterocycles. The summed E-state index contributed by atoms with van der Waals surface area (Å²) in [5, 5.41) is 13.3. The summed E-state index contributed by atoms with van der Waals surface area (Å²) >= 11 is 1.18. The van der Waals surface area contributed by atoms with Crippen LogP contribution in [-0.2, 0) is 4.79 Å². The number of benzene rings is 2. The molecule has 7 nitrogen and oxygen atoms in total. The van der Waals surface area contributed by atoms with Crippen LogP contribution in [0.2, 0.25) is 0 Å². The van der Waals surface area contributed by atoms with E-state index in [1.807, 2.05) is 0 Å². The Bertz CT molecular complexity index is 1380. The van der Waals surface area contributed by atoms with Gasteiger partial charge in [0, 0.05) is 17.0 Å². The molecule has 2 aromatic carbocycles. The number of amides is 1. The van der Waals surface area contributed by atoms with E-state index < -0.39 is 29.3 Å². The second kappa shape index (κ2) is 7.61. The van der Waals surface area contributed by atoms with Crippen LogP contribution >= 0.6 is 11.3 Å². The lowest BCUT2D eigenvalue weighted by Gasteiger charge is -2.24. The Balaban J connectivity index is 1.66. The summed E-state index contributed by atoms with van der Waals surface area (Å²) in [7, 11) is 1.49. The second-order valence-corrected chi connectivity index (χ2v) is 7.90. The Morgan fingerprint density at radius 2 is 2.03 bits per heavy atom. The van der Waals surface area contributed by atoms with E-state index in [2.05, 4.69) is 4.98 Å². The van der Waals surface area contributed by atoms with Gasteiger partial charge in [-0.3, -0.25) is 14.5 Å². The molecule has 1 N–H and O–H groups in total. The van der Waals surface area contributed by atoms with Crippen molar-refractivity contribution in [1.29, 1.82) is 0 Å². The summed E-state index contributed by atoms with van der Waals surface area (Å²) < 4.78 is 24.6. The number of halogens is 1. The van der Waals surface area contributed by atoms with Gasteiger partial charge in [0.2, 0.25) is 5.78 Å². The molecule has 0 saturated carbocycles. The lowest BCUT2D eigenvalue weighted by atomic mass is 9.95. The predicted molar refractivity (Wildman–Crippen MR) is 115 cm³/mol. The van der Waals surface area contributed by atoms with Gasteiger partial charge in [0.25, 0.3) is 5.91 Å². The first kappa shape index (κ1) is 20.0. The van der Waals surface area contributed by atoms with E-state index in [1.165, 1.54) is 59.9 Å². The van der Waals surface area contributed by atoms with Gasteiger partial charge >= 0.3 is 0 Å². The number of thiazole rings is 1. The average molecular weight is 450 g/mol. The fourth-order valence-electron chi connectivity index (χ4n) is 3.77. The monoisotopic (exact) mass is 450 g/mol. The highest BCUT2D eigenvalue weighted by molar-refractivity contribution is 7.13. The lowest BCUT2D eigenvalue weighted by Crippen LogP contribution is -2.30. The van der Waals surface area contributed by atoms with Gasteiger partial charge in [0.1, 0.15) is 5.82 Å². The van der Waals surface area contributed by atoms with E-state index in [-0.39, 0.29) is 11.3 Å². The zero-order valence-electron chi connectivity index (χ0n) is 16.6. The minimum atomic E-state index is -1.00. The van der Waals surface area contributed by atoms with Gasteiger partial charge in [-0.15, -0.1) is 11.3 Å². The molecule has 0 aliphatic carbocycles. The molecule has 32 heavy (non-hydrogen) atoms. The maximum Gasteiger partial charge on any atom is 0.296 e. The number of ether oxygens (including phenoxy) is 1. The third kappa shape index (κ3) is 3.05. The molecule has 1 atom stereocenters. The molecule has 0 spiro atoms. The van der Waals surface area contributed by atoms with Crippen LogP contribution in [0.3, 0.4) is 0 Å². The first-order valence-electron chi connectivity index (χ1n) is 9.52. The van der Waals surface area contributed by atoms with Crippen LogP contribution in [0.5, 0.6) is 5.75 Å². The lowest BCUT2D eigenvalue weighted by molar-refractivity contribution is -0.117. The largest absolute Gasteiger partial charge is 0.503 e. The van der Waals surface area contributed by atoms with Crippen LogP contribution in [0.1, 0.15) is 22.2 Å². The van der Waals surface area contributed by atoms with Crippen LogP contribution in [0, 0.1) is 5.82 Å². The standard InChI is InChI=1S/C23H15FN2O5S/c1-30-15-4-2-3-13-11-16(31-21(13)15)19(27)17-18(12-5-7-14(24)8-6-12)26(22(29)20(17)28)23-25-9-10-32-23/h2-11,18,28H,1H3. The highest BCUT2D eigenvalue weighted by atomic mass is 32.1. The number of Topliss-reactive ketones (excluding diaryl/α,β-unsaturated/α-hetero) is 1. The number of nitrogens with zero attached hydrogens (tertiary/aromatic N) is 2. The van der Waals surface area contributed by atoms with Crippen molar-refractivity contribution in [3.63, 3.8) is 0 Å². The molecule has 1 unspecified atom stereocenters. The molecule has 3 heterocycles. The Kier molecular flexibility index (Phi) is 4.75. The van der Waals surface area contributed by atoms with Crippen molar-refractivity contribution >= 4 is 39.1 Å². The quantitative estimate of drug-likeness (QED) is 0.438. The molecular weight excluding hydrogens is 435 g/mol. The van der Waals surface area contributed by atoms with Gasteiger partial charge in [-0.1, -0.05) is 24.3 Å². The zero-order valence-corrected chi connectivity index (χ0v) is 17.4. The second-order valence-electron chi connectivity index (χ2n) is 7.02. The fourth-order valence-corrected chi connectivity index (χ4v) is 4.44. The minimum Gasteiger partial charge on any atom is -0.503 e. The van der Waals surface area contributed by atoms with Crippen LogP contribution in [0.15, 0.2) is 75.9 Å². The van der Waals surface area contributed by atoms with Gasteiger partial charge in [-0.25, -0.2) is 9.37 Å². The summed E-state index contributed by atoms with van der Waals surface area (Å²) in [5.41, 5.74) is 0.642. The highest BCUT2D eigenvalue weighted by Crippen LogP contribution is 2.43. The van der Waals surface area contributed by atoms with Gasteiger partial charge in [0.15, 0.2) is 28.0 Å². The number of para-hydroxylation sites is 1. The number of carbonyl (C=O) groups is 2. The maximum atomic E-state index is 13.6. The van der Waals surface area contributed by atoms with Crippen molar-refractivity contribution in [2.75, 3.05) is 12.0 Å². The highest BCUT2D eigenvalue weighted by Gasteiger charge is 2.46. The number of methoxy groups -OCH3 is 1. The first-order chi connectivity index (χ1) is 15.5. The van der Waals surface area contributed by atoms with Gasteiger partial charge in [-0.2, -0.15) is 0 Å². The predicted octanol–water partition coefficient (Wildman–Crippen LogP) is 4.82. The molecule has 0 bridgehead atoms. The van der Waals surface area contributed by atoms with Crippen molar-refractivity contribution in [1.82, 2.24) is 4.98 Å². The van der Waals surface area contributed by atoms with E-state index in [0.29, 0.717) is 27.4 Å². The Labute approximate surface area is 185 Å². The molecule has 5 rings (SSSR count). The van der Waals surface area contributed by atoms with Gasteiger partial charge in [0.05, 0.1) is 18.7 Å². The number of carbonyl (C=O) groups excluding carboxylic acids is 2. The summed E-state index contributed by atoms with van der Waals surface area (Å²) in [5.74, 6) is -2.22. The van der Waals surface area contributed by atoms with E-state index >= 15 is 0 Å². The number of furan rings is 1.